The van der Waals surface area contributed by atoms with E-state index < -0.39 is 0 Å². The quantitative estimate of drug-likeness (QED) is 0.870. The van der Waals surface area contributed by atoms with Gasteiger partial charge in [0.2, 0.25) is 5.88 Å². The Morgan fingerprint density at radius 3 is 2.10 bits per heavy atom. The highest BCUT2D eigenvalue weighted by atomic mass is 16.5. The summed E-state index contributed by atoms with van der Waals surface area (Å²) >= 11 is 0. The Morgan fingerprint density at radius 2 is 1.60 bits per heavy atom. The highest BCUT2D eigenvalue weighted by Gasteiger charge is 2.05. The fourth-order valence-electron chi connectivity index (χ4n) is 1.64. The zero-order chi connectivity index (χ0) is 14.4. The second-order valence-corrected chi connectivity index (χ2v) is 4.04. The molecule has 1 heterocycles. The number of hydrogen-bond acceptors (Lipinski definition) is 6. The van der Waals surface area contributed by atoms with Gasteiger partial charge < -0.3 is 19.5 Å². The zero-order valence-electron chi connectivity index (χ0n) is 11.7. The van der Waals surface area contributed by atoms with Crippen LogP contribution < -0.4 is 19.5 Å². The summed E-state index contributed by atoms with van der Waals surface area (Å²) in [6, 6.07) is 8.91. The van der Waals surface area contributed by atoms with Crippen molar-refractivity contribution in [3.8, 4) is 23.1 Å². The molecule has 0 aliphatic heterocycles. The van der Waals surface area contributed by atoms with Crippen LogP contribution in [-0.2, 0) is 6.54 Å². The lowest BCUT2D eigenvalue weighted by atomic mass is 10.3. The first-order valence-corrected chi connectivity index (χ1v) is 6.13. The first kappa shape index (κ1) is 14.1. The second kappa shape index (κ2) is 6.72. The smallest absolute Gasteiger partial charge is 0.238 e. The largest absolute Gasteiger partial charge is 0.496 e. The summed E-state index contributed by atoms with van der Waals surface area (Å²) in [4.78, 5) is 0. The van der Waals surface area contributed by atoms with E-state index in [0.717, 1.165) is 5.69 Å². The molecule has 0 unspecified atom stereocenters. The molecule has 0 radical (unpaired) electrons. The predicted molar refractivity (Wildman–Crippen MR) is 74.4 cm³/mol. The lowest BCUT2D eigenvalue weighted by molar-refractivity contribution is 0.384. The van der Waals surface area contributed by atoms with Gasteiger partial charge in [-0.2, -0.15) is 5.10 Å². The van der Waals surface area contributed by atoms with Gasteiger partial charge in [0.05, 0.1) is 19.9 Å². The number of nitrogens with zero attached hydrogens (tertiary/aromatic N) is 2. The zero-order valence-corrected chi connectivity index (χ0v) is 11.7. The maximum absolute atomic E-state index is 5.64. The Morgan fingerprint density at radius 1 is 0.950 bits per heavy atom. The van der Waals surface area contributed by atoms with E-state index in [4.69, 9.17) is 14.2 Å². The van der Waals surface area contributed by atoms with E-state index in [1.807, 2.05) is 13.1 Å². The molecule has 6 nitrogen and oxygen atoms in total. The molecule has 2 aromatic rings. The summed E-state index contributed by atoms with van der Waals surface area (Å²) in [6.07, 6.45) is 0. The van der Waals surface area contributed by atoms with Crippen molar-refractivity contribution in [3.63, 3.8) is 0 Å². The van der Waals surface area contributed by atoms with Gasteiger partial charge in [0.25, 0.3) is 0 Å². The molecular weight excluding hydrogens is 258 g/mol. The molecule has 1 N–H and O–H groups in total. The lowest BCUT2D eigenvalue weighted by Gasteiger charge is -2.09. The van der Waals surface area contributed by atoms with Crippen LogP contribution in [0.2, 0.25) is 0 Å². The molecule has 0 spiro atoms. The van der Waals surface area contributed by atoms with Gasteiger partial charge in [-0.25, -0.2) is 0 Å². The van der Waals surface area contributed by atoms with Crippen LogP contribution in [0, 0.1) is 0 Å². The van der Waals surface area contributed by atoms with E-state index in [2.05, 4.69) is 15.5 Å². The summed E-state index contributed by atoms with van der Waals surface area (Å²) in [5.41, 5.74) is 0.850. The SMILES string of the molecule is CNCc1ccc(Oc2cc(OC)cc(OC)c2)nn1. The molecule has 0 saturated carbocycles. The highest BCUT2D eigenvalue weighted by molar-refractivity contribution is 5.43. The molecule has 6 heteroatoms. The summed E-state index contributed by atoms with van der Waals surface area (Å²) < 4.78 is 16.0. The number of rotatable bonds is 6. The van der Waals surface area contributed by atoms with Gasteiger partial charge in [0.15, 0.2) is 0 Å². The van der Waals surface area contributed by atoms with Gasteiger partial charge >= 0.3 is 0 Å². The van der Waals surface area contributed by atoms with E-state index in [1.165, 1.54) is 0 Å². The number of nitrogens with one attached hydrogen (secondary N) is 1. The normalized spacial score (nSPS) is 10.2. The van der Waals surface area contributed by atoms with Crippen molar-refractivity contribution in [2.75, 3.05) is 21.3 Å². The van der Waals surface area contributed by atoms with Crippen LogP contribution in [0.4, 0.5) is 0 Å². The molecule has 106 valence electrons. The van der Waals surface area contributed by atoms with Crippen molar-refractivity contribution >= 4 is 0 Å². The third-order valence-electron chi connectivity index (χ3n) is 2.60. The Labute approximate surface area is 117 Å². The monoisotopic (exact) mass is 275 g/mol. The van der Waals surface area contributed by atoms with Gasteiger partial charge in [-0.3, -0.25) is 0 Å². The molecule has 0 bridgehead atoms. The first-order chi connectivity index (χ1) is 9.75. The fourth-order valence-corrected chi connectivity index (χ4v) is 1.64. The molecule has 0 fully saturated rings. The standard InChI is InChI=1S/C14H17N3O3/c1-15-9-10-4-5-14(17-16-10)20-13-7-11(18-2)6-12(8-13)19-3/h4-8,15H,9H2,1-3H3. The van der Waals surface area contributed by atoms with Crippen LogP contribution in [0.15, 0.2) is 30.3 Å². The summed E-state index contributed by atoms with van der Waals surface area (Å²) in [5, 5.41) is 11.1. The van der Waals surface area contributed by atoms with Crippen molar-refractivity contribution in [1.29, 1.82) is 0 Å². The third-order valence-corrected chi connectivity index (χ3v) is 2.60. The molecule has 2 rings (SSSR count). The van der Waals surface area contributed by atoms with E-state index in [1.54, 1.807) is 38.5 Å². The molecule has 0 atom stereocenters. The predicted octanol–water partition coefficient (Wildman–Crippen LogP) is 2.01. The number of aromatic nitrogens is 2. The average molecular weight is 275 g/mol. The van der Waals surface area contributed by atoms with E-state index in [0.29, 0.717) is 29.7 Å². The van der Waals surface area contributed by atoms with Crippen molar-refractivity contribution in [1.82, 2.24) is 15.5 Å². The maximum atomic E-state index is 5.64. The van der Waals surface area contributed by atoms with E-state index in [-0.39, 0.29) is 0 Å². The Balaban J connectivity index is 2.16. The second-order valence-electron chi connectivity index (χ2n) is 4.04. The number of hydrogen-bond donors (Lipinski definition) is 1. The molecule has 1 aromatic heterocycles. The van der Waals surface area contributed by atoms with Gasteiger partial charge in [-0.05, 0) is 13.1 Å². The van der Waals surface area contributed by atoms with Crippen LogP contribution in [0.1, 0.15) is 5.69 Å². The summed E-state index contributed by atoms with van der Waals surface area (Å²) in [5.74, 6) is 2.30. The summed E-state index contributed by atoms with van der Waals surface area (Å²) in [6.45, 7) is 0.667. The van der Waals surface area contributed by atoms with Crippen LogP contribution in [-0.4, -0.2) is 31.5 Å². The van der Waals surface area contributed by atoms with Gasteiger partial charge in [-0.1, -0.05) is 0 Å². The maximum Gasteiger partial charge on any atom is 0.238 e. The Kier molecular flexibility index (Phi) is 4.73. The molecule has 0 amide bonds. The molecular formula is C14H17N3O3. The lowest BCUT2D eigenvalue weighted by Crippen LogP contribution is -2.07. The molecule has 0 saturated heterocycles. The minimum absolute atomic E-state index is 0.417. The number of ether oxygens (including phenoxy) is 3. The third kappa shape index (κ3) is 3.58. The summed E-state index contributed by atoms with van der Waals surface area (Å²) in [7, 11) is 5.03. The average Bonchev–Trinajstić information content (AvgIpc) is 2.49. The van der Waals surface area contributed by atoms with Gasteiger partial charge in [0.1, 0.15) is 17.2 Å². The van der Waals surface area contributed by atoms with Crippen molar-refractivity contribution in [2.24, 2.45) is 0 Å². The van der Waals surface area contributed by atoms with Crippen LogP contribution in [0.3, 0.4) is 0 Å². The Bertz CT molecular complexity index is 536. The van der Waals surface area contributed by atoms with Crippen molar-refractivity contribution in [3.05, 3.63) is 36.0 Å². The number of methoxy groups -OCH3 is 2. The van der Waals surface area contributed by atoms with Gasteiger partial charge in [0, 0.05) is 30.8 Å². The van der Waals surface area contributed by atoms with Crippen LogP contribution >= 0.6 is 0 Å². The number of benzene rings is 1. The van der Waals surface area contributed by atoms with Crippen LogP contribution in [0.5, 0.6) is 23.1 Å². The first-order valence-electron chi connectivity index (χ1n) is 6.13. The van der Waals surface area contributed by atoms with Crippen LogP contribution in [0.25, 0.3) is 0 Å². The molecule has 0 aliphatic carbocycles. The minimum atomic E-state index is 0.417. The topological polar surface area (TPSA) is 65.5 Å². The van der Waals surface area contributed by atoms with Crippen molar-refractivity contribution < 1.29 is 14.2 Å². The highest BCUT2D eigenvalue weighted by Crippen LogP contribution is 2.29. The Hall–Kier alpha value is -2.34. The fraction of sp³-hybridized carbons (Fsp3) is 0.286. The minimum Gasteiger partial charge on any atom is -0.496 e. The van der Waals surface area contributed by atoms with Gasteiger partial charge in [-0.15, -0.1) is 5.10 Å². The van der Waals surface area contributed by atoms with E-state index >= 15 is 0 Å². The van der Waals surface area contributed by atoms with E-state index in [9.17, 15) is 0 Å². The molecule has 1 aromatic carbocycles. The molecule has 20 heavy (non-hydrogen) atoms. The van der Waals surface area contributed by atoms with Crippen molar-refractivity contribution in [2.45, 2.75) is 6.54 Å². The molecule has 0 aliphatic rings.